The molecule has 2 fully saturated rings. The van der Waals surface area contributed by atoms with E-state index in [-0.39, 0.29) is 42.9 Å². The summed E-state index contributed by atoms with van der Waals surface area (Å²) in [6.45, 7) is 4.80. The molecule has 2 aliphatic heterocycles. The molecule has 0 bridgehead atoms. The van der Waals surface area contributed by atoms with Crippen LogP contribution in [0.2, 0.25) is 0 Å². The van der Waals surface area contributed by atoms with Crippen LogP contribution in [0.25, 0.3) is 0 Å². The molecular weight excluding hydrogens is 376 g/mol. The summed E-state index contributed by atoms with van der Waals surface area (Å²) in [5.74, 6) is -0.0520. The van der Waals surface area contributed by atoms with Gasteiger partial charge in [0.15, 0.2) is 5.69 Å². The molecule has 0 saturated carbocycles. The molecule has 3 heterocycles. The van der Waals surface area contributed by atoms with Crippen LogP contribution in [-0.2, 0) is 16.0 Å². The fraction of sp³-hybridized carbons (Fsp3) is 0.750. The molecule has 10 nitrogen and oxygen atoms in total. The van der Waals surface area contributed by atoms with Gasteiger partial charge in [-0.1, -0.05) is 5.21 Å². The van der Waals surface area contributed by atoms with Crippen LogP contribution in [-0.4, -0.2) is 72.5 Å². The van der Waals surface area contributed by atoms with Crippen molar-refractivity contribution in [2.45, 2.75) is 44.3 Å². The second-order valence-corrected chi connectivity index (χ2v) is 6.80. The number of hydrogen-bond donors (Lipinski definition) is 3. The highest BCUT2D eigenvalue weighted by Crippen LogP contribution is 2.27. The lowest BCUT2D eigenvalue weighted by molar-refractivity contribution is 0.0898. The van der Waals surface area contributed by atoms with Crippen LogP contribution < -0.4 is 16.0 Å². The van der Waals surface area contributed by atoms with Crippen molar-refractivity contribution >= 4 is 24.4 Å². The van der Waals surface area contributed by atoms with Gasteiger partial charge in [-0.15, -0.1) is 17.5 Å². The van der Waals surface area contributed by atoms with E-state index < -0.39 is 6.09 Å². The monoisotopic (exact) mass is 402 g/mol. The van der Waals surface area contributed by atoms with Gasteiger partial charge in [-0.25, -0.2) is 9.48 Å². The first-order chi connectivity index (χ1) is 12.6. The van der Waals surface area contributed by atoms with Crippen molar-refractivity contribution in [3.05, 3.63) is 11.4 Å². The molecule has 0 aliphatic carbocycles. The maximum absolute atomic E-state index is 12.7. The van der Waals surface area contributed by atoms with Gasteiger partial charge in [0, 0.05) is 19.1 Å². The normalized spacial score (nSPS) is 21.1. The number of alkyl carbamates (subject to hydrolysis) is 1. The Bertz CT molecular complexity index is 649. The fourth-order valence-electron chi connectivity index (χ4n) is 3.43. The van der Waals surface area contributed by atoms with E-state index in [1.165, 1.54) is 0 Å². The highest BCUT2D eigenvalue weighted by molar-refractivity contribution is 5.93. The van der Waals surface area contributed by atoms with Gasteiger partial charge < -0.3 is 25.4 Å². The highest BCUT2D eigenvalue weighted by atomic mass is 35.5. The predicted octanol–water partition coefficient (Wildman–Crippen LogP) is 0.0400. The summed E-state index contributed by atoms with van der Waals surface area (Å²) in [5, 5.41) is 17.3. The minimum absolute atomic E-state index is 0. The van der Waals surface area contributed by atoms with Crippen LogP contribution in [0.4, 0.5) is 4.79 Å². The molecule has 1 aromatic rings. The van der Waals surface area contributed by atoms with E-state index in [0.29, 0.717) is 18.8 Å². The topological polar surface area (TPSA) is 119 Å². The number of nitrogens with one attached hydrogen (secondary N) is 3. The van der Waals surface area contributed by atoms with Crippen molar-refractivity contribution in [3.63, 3.8) is 0 Å². The lowest BCUT2D eigenvalue weighted by Gasteiger charge is -2.24. The van der Waals surface area contributed by atoms with Crippen molar-refractivity contribution in [2.75, 3.05) is 33.4 Å². The third-order valence-electron chi connectivity index (χ3n) is 4.64. The highest BCUT2D eigenvalue weighted by Gasteiger charge is 2.31. The molecule has 2 saturated heterocycles. The SMILES string of the molecule is COCC(C)NC(=O)c1nnn(CC2COC(=O)N2)c1C1CCNCC1.Cl. The molecule has 3 N–H and O–H groups in total. The largest absolute Gasteiger partial charge is 0.447 e. The van der Waals surface area contributed by atoms with Crippen LogP contribution in [0.3, 0.4) is 0 Å². The number of hydrogen-bond acceptors (Lipinski definition) is 7. The zero-order chi connectivity index (χ0) is 18.5. The number of ether oxygens (including phenoxy) is 2. The number of nitrogens with zero attached hydrogens (tertiary/aromatic N) is 3. The van der Waals surface area contributed by atoms with E-state index >= 15 is 0 Å². The molecule has 0 aromatic carbocycles. The molecule has 27 heavy (non-hydrogen) atoms. The van der Waals surface area contributed by atoms with E-state index in [1.807, 2.05) is 6.92 Å². The molecule has 2 amide bonds. The summed E-state index contributed by atoms with van der Waals surface area (Å²) in [7, 11) is 1.59. The van der Waals surface area contributed by atoms with Gasteiger partial charge in [-0.2, -0.15) is 0 Å². The Kier molecular flexibility index (Phi) is 7.81. The molecule has 2 atom stereocenters. The van der Waals surface area contributed by atoms with Gasteiger partial charge in [0.25, 0.3) is 5.91 Å². The number of rotatable bonds is 7. The van der Waals surface area contributed by atoms with Crippen molar-refractivity contribution in [3.8, 4) is 0 Å². The van der Waals surface area contributed by atoms with Crippen LogP contribution >= 0.6 is 12.4 Å². The van der Waals surface area contributed by atoms with E-state index in [1.54, 1.807) is 11.8 Å². The quantitative estimate of drug-likeness (QED) is 0.589. The second kappa shape index (κ2) is 9.86. The number of methoxy groups -OCH3 is 1. The number of piperidine rings is 1. The molecule has 1 aromatic heterocycles. The Hall–Kier alpha value is -1.91. The summed E-state index contributed by atoms with van der Waals surface area (Å²) in [4.78, 5) is 24.0. The summed E-state index contributed by atoms with van der Waals surface area (Å²) in [6.07, 6.45) is 1.40. The van der Waals surface area contributed by atoms with E-state index in [9.17, 15) is 9.59 Å². The van der Waals surface area contributed by atoms with E-state index in [0.717, 1.165) is 31.6 Å². The zero-order valence-corrected chi connectivity index (χ0v) is 16.4. The van der Waals surface area contributed by atoms with Gasteiger partial charge >= 0.3 is 6.09 Å². The summed E-state index contributed by atoms with van der Waals surface area (Å²) in [5.41, 5.74) is 1.18. The summed E-state index contributed by atoms with van der Waals surface area (Å²) in [6, 6.07) is -0.297. The third-order valence-corrected chi connectivity index (χ3v) is 4.64. The Morgan fingerprint density at radius 2 is 2.19 bits per heavy atom. The standard InChI is InChI=1S/C16H26N6O4.ClH/c1-10(8-25-2)18-15(23)13-14(11-3-5-17-6-4-11)22(21-20-13)7-12-9-26-16(24)19-12;/h10-12,17H,3-9H2,1-2H3,(H,18,23)(H,19,24);1H. The molecule has 0 spiro atoms. The van der Waals surface area contributed by atoms with Gasteiger partial charge in [-0.3, -0.25) is 4.79 Å². The molecule has 0 radical (unpaired) electrons. The zero-order valence-electron chi connectivity index (χ0n) is 15.6. The van der Waals surface area contributed by atoms with Crippen molar-refractivity contribution in [2.24, 2.45) is 0 Å². The minimum atomic E-state index is -0.426. The third kappa shape index (κ3) is 5.30. The molecule has 2 aliphatic rings. The average molecular weight is 403 g/mol. The van der Waals surface area contributed by atoms with E-state index in [2.05, 4.69) is 26.3 Å². The Morgan fingerprint density at radius 3 is 2.81 bits per heavy atom. The molecule has 2 unspecified atom stereocenters. The van der Waals surface area contributed by atoms with Crippen LogP contribution in [0.15, 0.2) is 0 Å². The van der Waals surface area contributed by atoms with Crippen molar-refractivity contribution in [1.82, 2.24) is 30.9 Å². The maximum atomic E-state index is 12.7. The predicted molar refractivity (Wildman–Crippen MR) is 99.2 cm³/mol. The van der Waals surface area contributed by atoms with Crippen LogP contribution in [0.1, 0.15) is 41.9 Å². The summed E-state index contributed by atoms with van der Waals surface area (Å²) < 4.78 is 11.8. The second-order valence-electron chi connectivity index (χ2n) is 6.80. The number of carbonyl (C=O) groups is 2. The van der Waals surface area contributed by atoms with E-state index in [4.69, 9.17) is 9.47 Å². The average Bonchev–Trinajstić information content (AvgIpc) is 3.22. The Labute approximate surface area is 164 Å². The van der Waals surface area contributed by atoms with Gasteiger partial charge in [0.1, 0.15) is 6.61 Å². The van der Waals surface area contributed by atoms with Gasteiger partial charge in [0.2, 0.25) is 0 Å². The number of amides is 2. The first kappa shape index (κ1) is 21.4. The Balaban J connectivity index is 0.00000261. The molecule has 152 valence electrons. The van der Waals surface area contributed by atoms with Crippen LogP contribution in [0.5, 0.6) is 0 Å². The lowest BCUT2D eigenvalue weighted by atomic mass is 9.92. The van der Waals surface area contributed by atoms with Crippen molar-refractivity contribution < 1.29 is 19.1 Å². The van der Waals surface area contributed by atoms with Gasteiger partial charge in [0.05, 0.1) is 24.9 Å². The molecular formula is C16H27ClN6O4. The van der Waals surface area contributed by atoms with Crippen molar-refractivity contribution in [1.29, 1.82) is 0 Å². The Morgan fingerprint density at radius 1 is 1.44 bits per heavy atom. The van der Waals surface area contributed by atoms with Gasteiger partial charge in [-0.05, 0) is 32.9 Å². The number of cyclic esters (lactones) is 1. The number of halogens is 1. The lowest BCUT2D eigenvalue weighted by Crippen LogP contribution is -2.37. The number of carbonyl (C=O) groups excluding carboxylic acids is 2. The smallest absolute Gasteiger partial charge is 0.407 e. The van der Waals surface area contributed by atoms with Crippen LogP contribution in [0, 0.1) is 0 Å². The first-order valence-corrected chi connectivity index (χ1v) is 8.95. The minimum Gasteiger partial charge on any atom is -0.447 e. The molecule has 11 heteroatoms. The fourth-order valence-corrected chi connectivity index (χ4v) is 3.43. The summed E-state index contributed by atoms with van der Waals surface area (Å²) >= 11 is 0. The maximum Gasteiger partial charge on any atom is 0.407 e. The first-order valence-electron chi connectivity index (χ1n) is 8.95. The number of aromatic nitrogens is 3. The molecule has 3 rings (SSSR count).